The number of anilines is 2. The van der Waals surface area contributed by atoms with Gasteiger partial charge in [-0.2, -0.15) is 5.10 Å². The van der Waals surface area contributed by atoms with Crippen molar-refractivity contribution in [2.45, 2.75) is 51.2 Å². The third-order valence-corrected chi connectivity index (χ3v) is 6.99. The molecule has 6 rings (SSSR count). The SMILES string of the molecule is Cc1nc(Nc2n[nH]c3c2CN(C(=O)N[C@@H]2CC2c2ccccc2)C3(C)C)c2ccccc2n1. The van der Waals surface area contributed by atoms with Gasteiger partial charge in [-0.05, 0) is 44.9 Å². The number of rotatable bonds is 4. The van der Waals surface area contributed by atoms with Gasteiger partial charge in [0.25, 0.3) is 0 Å². The molecule has 3 heterocycles. The van der Waals surface area contributed by atoms with Crippen LogP contribution in [0.5, 0.6) is 0 Å². The summed E-state index contributed by atoms with van der Waals surface area (Å²) in [6.07, 6.45) is 0.976. The van der Waals surface area contributed by atoms with Crippen LogP contribution in [0.15, 0.2) is 54.6 Å². The van der Waals surface area contributed by atoms with Crippen LogP contribution in [-0.2, 0) is 12.1 Å². The molecule has 8 nitrogen and oxygen atoms in total. The van der Waals surface area contributed by atoms with Gasteiger partial charge >= 0.3 is 6.03 Å². The molecule has 172 valence electrons. The number of hydrogen-bond donors (Lipinski definition) is 3. The van der Waals surface area contributed by atoms with Crippen molar-refractivity contribution in [3.8, 4) is 0 Å². The first kappa shape index (κ1) is 20.7. The molecular weight excluding hydrogens is 426 g/mol. The Kier molecular flexibility index (Phi) is 4.58. The van der Waals surface area contributed by atoms with Crippen LogP contribution in [0.25, 0.3) is 10.9 Å². The lowest BCUT2D eigenvalue weighted by Gasteiger charge is -2.32. The fraction of sp³-hybridized carbons (Fsp3) is 0.308. The molecule has 1 aliphatic carbocycles. The lowest BCUT2D eigenvalue weighted by Crippen LogP contribution is -2.47. The fourth-order valence-electron chi connectivity index (χ4n) is 5.00. The number of carbonyl (C=O) groups is 1. The summed E-state index contributed by atoms with van der Waals surface area (Å²) in [6.45, 7) is 6.44. The molecule has 34 heavy (non-hydrogen) atoms. The van der Waals surface area contributed by atoms with Crippen molar-refractivity contribution in [1.29, 1.82) is 0 Å². The second kappa shape index (κ2) is 7.55. The standard InChI is InChI=1S/C26H27N7O/c1-15-27-20-12-8-7-11-17(20)23(28-15)30-24-19-14-33(26(2,3)22(19)31-32-24)25(34)29-21-13-18(21)16-9-5-4-6-10-16/h4-12,18,21H,13-14H2,1-3H3,(H,29,34)(H2,27,28,30,31,32)/t18?,21-/m1/s1. The topological polar surface area (TPSA) is 98.8 Å². The summed E-state index contributed by atoms with van der Waals surface area (Å²) in [4.78, 5) is 24.3. The van der Waals surface area contributed by atoms with Crippen LogP contribution >= 0.6 is 0 Å². The number of H-pyrrole nitrogens is 1. The average Bonchev–Trinajstić information content (AvgIpc) is 3.38. The lowest BCUT2D eigenvalue weighted by molar-refractivity contribution is 0.142. The quantitative estimate of drug-likeness (QED) is 0.415. The minimum atomic E-state index is -0.507. The zero-order valence-corrected chi connectivity index (χ0v) is 19.5. The number of para-hydroxylation sites is 1. The van der Waals surface area contributed by atoms with Crippen molar-refractivity contribution >= 4 is 28.6 Å². The van der Waals surface area contributed by atoms with Crippen LogP contribution in [0.1, 0.15) is 48.8 Å². The number of benzene rings is 2. The smallest absolute Gasteiger partial charge is 0.318 e. The minimum absolute atomic E-state index is 0.0488. The number of nitrogens with zero attached hydrogens (tertiary/aromatic N) is 4. The maximum Gasteiger partial charge on any atom is 0.318 e. The first-order valence-corrected chi connectivity index (χ1v) is 11.6. The van der Waals surface area contributed by atoms with E-state index in [4.69, 9.17) is 0 Å². The Morgan fingerprint density at radius 3 is 2.65 bits per heavy atom. The molecule has 2 aromatic carbocycles. The number of aryl methyl sites for hydroxylation is 1. The van der Waals surface area contributed by atoms with E-state index in [-0.39, 0.29) is 12.1 Å². The van der Waals surface area contributed by atoms with E-state index in [9.17, 15) is 4.79 Å². The number of aromatic nitrogens is 4. The van der Waals surface area contributed by atoms with Gasteiger partial charge in [-0.1, -0.05) is 42.5 Å². The molecule has 4 aromatic rings. The molecule has 2 amide bonds. The van der Waals surface area contributed by atoms with Crippen molar-refractivity contribution in [3.05, 3.63) is 77.2 Å². The van der Waals surface area contributed by atoms with E-state index in [0.29, 0.717) is 29.9 Å². The van der Waals surface area contributed by atoms with Gasteiger partial charge in [-0.15, -0.1) is 0 Å². The van der Waals surface area contributed by atoms with Crippen LogP contribution in [0.2, 0.25) is 0 Å². The van der Waals surface area contributed by atoms with Gasteiger partial charge in [0.1, 0.15) is 11.6 Å². The molecule has 8 heteroatoms. The van der Waals surface area contributed by atoms with Crippen LogP contribution < -0.4 is 10.6 Å². The Morgan fingerprint density at radius 1 is 1.06 bits per heavy atom. The summed E-state index contributed by atoms with van der Waals surface area (Å²) in [6, 6.07) is 18.4. The fourth-order valence-corrected chi connectivity index (χ4v) is 5.00. The molecule has 1 saturated carbocycles. The van der Waals surface area contributed by atoms with Gasteiger partial charge in [0.15, 0.2) is 5.82 Å². The highest BCUT2D eigenvalue weighted by molar-refractivity contribution is 5.91. The molecule has 0 radical (unpaired) electrons. The van der Waals surface area contributed by atoms with Crippen molar-refractivity contribution in [3.63, 3.8) is 0 Å². The zero-order chi connectivity index (χ0) is 23.4. The van der Waals surface area contributed by atoms with E-state index < -0.39 is 5.54 Å². The largest absolute Gasteiger partial charge is 0.335 e. The van der Waals surface area contributed by atoms with Crippen LogP contribution in [0.3, 0.4) is 0 Å². The summed E-state index contributed by atoms with van der Waals surface area (Å²) in [7, 11) is 0. The molecule has 1 unspecified atom stereocenters. The number of fused-ring (bicyclic) bond motifs is 2. The third kappa shape index (κ3) is 3.37. The second-order valence-electron chi connectivity index (χ2n) is 9.64. The van der Waals surface area contributed by atoms with Crippen LogP contribution in [-0.4, -0.2) is 37.1 Å². The van der Waals surface area contributed by atoms with Crippen molar-refractivity contribution in [2.24, 2.45) is 0 Å². The Hall–Kier alpha value is -3.94. The van der Waals surface area contributed by atoms with Gasteiger partial charge in [0.05, 0.1) is 23.3 Å². The van der Waals surface area contributed by atoms with E-state index in [1.54, 1.807) is 0 Å². The summed E-state index contributed by atoms with van der Waals surface area (Å²) in [5.41, 5.74) is 3.57. The maximum atomic E-state index is 13.3. The lowest BCUT2D eigenvalue weighted by atomic mass is 10.0. The van der Waals surface area contributed by atoms with Gasteiger partial charge in [-0.3, -0.25) is 5.10 Å². The summed E-state index contributed by atoms with van der Waals surface area (Å²) >= 11 is 0. The highest BCUT2D eigenvalue weighted by atomic mass is 16.2. The Balaban J connectivity index is 1.22. The predicted octanol–water partition coefficient (Wildman–Crippen LogP) is 4.72. The molecule has 0 bridgehead atoms. The summed E-state index contributed by atoms with van der Waals surface area (Å²) in [5.74, 6) is 2.48. The molecule has 2 aromatic heterocycles. The summed E-state index contributed by atoms with van der Waals surface area (Å²) < 4.78 is 0. The van der Waals surface area contributed by atoms with Gasteiger partial charge < -0.3 is 15.5 Å². The molecule has 2 atom stereocenters. The highest BCUT2D eigenvalue weighted by Crippen LogP contribution is 2.44. The highest BCUT2D eigenvalue weighted by Gasteiger charge is 2.46. The minimum Gasteiger partial charge on any atom is -0.335 e. The van der Waals surface area contributed by atoms with Gasteiger partial charge in [0.2, 0.25) is 0 Å². The molecule has 0 saturated heterocycles. The zero-order valence-electron chi connectivity index (χ0n) is 19.5. The van der Waals surface area contributed by atoms with Gasteiger partial charge in [0, 0.05) is 22.9 Å². The maximum absolute atomic E-state index is 13.3. The molecular formula is C26H27N7O. The summed E-state index contributed by atoms with van der Waals surface area (Å²) in [5, 5.41) is 15.3. The number of aromatic amines is 1. The molecule has 3 N–H and O–H groups in total. The molecule has 1 aliphatic heterocycles. The van der Waals surface area contributed by atoms with Crippen molar-refractivity contribution in [1.82, 2.24) is 30.4 Å². The first-order valence-electron chi connectivity index (χ1n) is 11.6. The number of amides is 2. The number of carbonyl (C=O) groups excluding carboxylic acids is 1. The van der Waals surface area contributed by atoms with Crippen molar-refractivity contribution < 1.29 is 4.79 Å². The molecule has 2 aliphatic rings. The molecule has 0 spiro atoms. The van der Waals surface area contributed by atoms with Crippen LogP contribution in [0.4, 0.5) is 16.4 Å². The van der Waals surface area contributed by atoms with E-state index in [1.807, 2.05) is 68.1 Å². The Bertz CT molecular complexity index is 1400. The predicted molar refractivity (Wildman–Crippen MR) is 131 cm³/mol. The van der Waals surface area contributed by atoms with Crippen LogP contribution in [0, 0.1) is 6.92 Å². The van der Waals surface area contributed by atoms with E-state index in [2.05, 4.69) is 42.9 Å². The number of nitrogens with one attached hydrogen (secondary N) is 3. The monoisotopic (exact) mass is 453 g/mol. The Morgan fingerprint density at radius 2 is 1.82 bits per heavy atom. The first-order chi connectivity index (χ1) is 16.4. The Labute approximate surface area is 197 Å². The van der Waals surface area contributed by atoms with Gasteiger partial charge in [-0.25, -0.2) is 14.8 Å². The van der Waals surface area contributed by atoms with E-state index in [1.165, 1.54) is 5.56 Å². The van der Waals surface area contributed by atoms with E-state index >= 15 is 0 Å². The molecule has 1 fully saturated rings. The number of urea groups is 1. The third-order valence-electron chi connectivity index (χ3n) is 6.99. The second-order valence-corrected chi connectivity index (χ2v) is 9.64. The van der Waals surface area contributed by atoms with E-state index in [0.717, 1.165) is 28.6 Å². The van der Waals surface area contributed by atoms with Crippen molar-refractivity contribution in [2.75, 3.05) is 5.32 Å². The number of hydrogen-bond acceptors (Lipinski definition) is 5. The normalized spacial score (nSPS) is 20.3. The average molecular weight is 454 g/mol.